The predicted molar refractivity (Wildman–Crippen MR) is 107 cm³/mol. The molecule has 3 rings (SSSR count). The number of aryl methyl sites for hydroxylation is 2. The number of benzene rings is 2. The highest BCUT2D eigenvalue weighted by molar-refractivity contribution is 7.89. The molecule has 2 aromatic carbocycles. The number of hydrogen-bond donors (Lipinski definition) is 1. The first-order valence-corrected chi connectivity index (χ1v) is 10.9. The summed E-state index contributed by atoms with van der Waals surface area (Å²) in [5.74, 6) is -0.525. The molecule has 0 aliphatic carbocycles. The summed E-state index contributed by atoms with van der Waals surface area (Å²) in [6, 6.07) is 12.0. The third kappa shape index (κ3) is 4.15. The predicted octanol–water partition coefficient (Wildman–Crippen LogP) is 2.94. The smallest absolute Gasteiger partial charge is 0.240 e. The Labute approximate surface area is 165 Å². The number of rotatable bonds is 7. The van der Waals surface area contributed by atoms with Crippen molar-refractivity contribution in [3.63, 3.8) is 0 Å². The molecule has 0 unspecified atom stereocenters. The van der Waals surface area contributed by atoms with Crippen molar-refractivity contribution in [2.24, 2.45) is 0 Å². The molecule has 0 bridgehead atoms. The largest absolute Gasteiger partial charge is 0.274 e. The summed E-state index contributed by atoms with van der Waals surface area (Å²) in [6.45, 7) is 4.31. The van der Waals surface area contributed by atoms with Crippen molar-refractivity contribution < 1.29 is 18.0 Å². The fourth-order valence-corrected chi connectivity index (χ4v) is 4.31. The Balaban J connectivity index is 1.77. The number of anilines is 1. The average Bonchev–Trinajstić information content (AvgIpc) is 3.04. The van der Waals surface area contributed by atoms with Gasteiger partial charge in [0.2, 0.25) is 21.8 Å². The van der Waals surface area contributed by atoms with Crippen molar-refractivity contribution in [2.45, 2.75) is 51.0 Å². The first kappa shape index (κ1) is 20.2. The lowest BCUT2D eigenvalue weighted by Gasteiger charge is -2.15. The van der Waals surface area contributed by atoms with E-state index in [1.807, 2.05) is 19.1 Å². The molecule has 1 fully saturated rings. The molecule has 28 heavy (non-hydrogen) atoms. The van der Waals surface area contributed by atoms with Gasteiger partial charge < -0.3 is 0 Å². The van der Waals surface area contributed by atoms with Gasteiger partial charge in [0.05, 0.1) is 10.6 Å². The van der Waals surface area contributed by atoms with Crippen LogP contribution in [0.2, 0.25) is 0 Å². The van der Waals surface area contributed by atoms with Gasteiger partial charge >= 0.3 is 0 Å². The van der Waals surface area contributed by atoms with Gasteiger partial charge in [-0.15, -0.1) is 0 Å². The third-order valence-corrected chi connectivity index (χ3v) is 6.39. The zero-order chi connectivity index (χ0) is 20.3. The summed E-state index contributed by atoms with van der Waals surface area (Å²) >= 11 is 0. The Hall–Kier alpha value is -2.51. The molecule has 148 valence electrons. The molecule has 1 N–H and O–H groups in total. The summed E-state index contributed by atoms with van der Waals surface area (Å²) in [5, 5.41) is 0. The Kier molecular flexibility index (Phi) is 5.96. The second kappa shape index (κ2) is 8.24. The Morgan fingerprint density at radius 1 is 0.893 bits per heavy atom. The second-order valence-electron chi connectivity index (χ2n) is 6.75. The number of sulfonamides is 1. The van der Waals surface area contributed by atoms with Crippen LogP contribution in [0.1, 0.15) is 43.4 Å². The second-order valence-corrected chi connectivity index (χ2v) is 8.52. The van der Waals surface area contributed by atoms with E-state index in [0.717, 1.165) is 34.4 Å². The summed E-state index contributed by atoms with van der Waals surface area (Å²) in [4.78, 5) is 24.8. The number of imide groups is 1. The number of hydrogen-bond acceptors (Lipinski definition) is 4. The first-order valence-electron chi connectivity index (χ1n) is 9.42. The van der Waals surface area contributed by atoms with E-state index in [-0.39, 0.29) is 36.1 Å². The van der Waals surface area contributed by atoms with Gasteiger partial charge in [0.15, 0.2) is 0 Å². The van der Waals surface area contributed by atoms with Gasteiger partial charge in [0, 0.05) is 19.4 Å². The van der Waals surface area contributed by atoms with Crippen LogP contribution in [0.3, 0.4) is 0 Å². The maximum Gasteiger partial charge on any atom is 0.240 e. The van der Waals surface area contributed by atoms with E-state index in [4.69, 9.17) is 0 Å². The lowest BCUT2D eigenvalue weighted by Crippen LogP contribution is -2.28. The zero-order valence-corrected chi connectivity index (χ0v) is 16.9. The van der Waals surface area contributed by atoms with Gasteiger partial charge in [-0.2, -0.15) is 0 Å². The van der Waals surface area contributed by atoms with Gasteiger partial charge in [-0.1, -0.05) is 32.0 Å². The minimum Gasteiger partial charge on any atom is -0.274 e. The molecule has 2 aromatic rings. The maximum absolute atomic E-state index is 12.7. The molecule has 2 amide bonds. The molecule has 0 radical (unpaired) electrons. The minimum atomic E-state index is -3.71. The summed E-state index contributed by atoms with van der Waals surface area (Å²) in [7, 11) is -3.71. The van der Waals surface area contributed by atoms with E-state index in [1.165, 1.54) is 24.3 Å². The molecule has 6 nitrogen and oxygen atoms in total. The summed E-state index contributed by atoms with van der Waals surface area (Å²) < 4.78 is 28.0. The van der Waals surface area contributed by atoms with Crippen LogP contribution in [0.5, 0.6) is 0 Å². The first-order chi connectivity index (χ1) is 13.4. The Morgan fingerprint density at radius 3 is 2.11 bits per heavy atom. The molecule has 0 spiro atoms. The van der Waals surface area contributed by atoms with Gasteiger partial charge in [-0.25, -0.2) is 13.1 Å². The van der Waals surface area contributed by atoms with Gasteiger partial charge in [0.25, 0.3) is 0 Å². The molecule has 1 heterocycles. The number of carbonyl (C=O) groups excluding carboxylic acids is 2. The van der Waals surface area contributed by atoms with Crippen molar-refractivity contribution in [3.05, 3.63) is 59.2 Å². The van der Waals surface area contributed by atoms with Crippen molar-refractivity contribution in [1.29, 1.82) is 0 Å². The van der Waals surface area contributed by atoms with E-state index in [1.54, 1.807) is 0 Å². The highest BCUT2D eigenvalue weighted by atomic mass is 32.2. The molecular weight excluding hydrogens is 376 g/mol. The molecular formula is C21H24N2O4S. The maximum atomic E-state index is 12.7. The van der Waals surface area contributed by atoms with Gasteiger partial charge in [-0.3, -0.25) is 14.5 Å². The van der Waals surface area contributed by atoms with Crippen LogP contribution in [0.4, 0.5) is 5.69 Å². The zero-order valence-electron chi connectivity index (χ0n) is 16.1. The Morgan fingerprint density at radius 2 is 1.54 bits per heavy atom. The van der Waals surface area contributed by atoms with Crippen molar-refractivity contribution in [2.75, 3.05) is 4.90 Å². The van der Waals surface area contributed by atoms with Crippen LogP contribution in [0, 0.1) is 0 Å². The van der Waals surface area contributed by atoms with E-state index < -0.39 is 10.0 Å². The Bertz CT molecular complexity index is 982. The van der Waals surface area contributed by atoms with Crippen LogP contribution in [0.15, 0.2) is 47.4 Å². The lowest BCUT2D eigenvalue weighted by molar-refractivity contribution is -0.121. The topological polar surface area (TPSA) is 83.6 Å². The van der Waals surface area contributed by atoms with E-state index in [0.29, 0.717) is 5.69 Å². The lowest BCUT2D eigenvalue weighted by atomic mass is 10.0. The van der Waals surface area contributed by atoms with Crippen LogP contribution >= 0.6 is 0 Å². The third-order valence-electron chi connectivity index (χ3n) is 4.97. The van der Waals surface area contributed by atoms with E-state index >= 15 is 0 Å². The monoisotopic (exact) mass is 400 g/mol. The summed E-state index contributed by atoms with van der Waals surface area (Å²) in [6.07, 6.45) is 2.10. The van der Waals surface area contributed by atoms with Crippen molar-refractivity contribution >= 4 is 27.5 Å². The molecule has 1 aliphatic rings. The molecule has 1 aliphatic heterocycles. The van der Waals surface area contributed by atoms with Gasteiger partial charge in [0.1, 0.15) is 0 Å². The highest BCUT2D eigenvalue weighted by Crippen LogP contribution is 2.24. The summed E-state index contributed by atoms with van der Waals surface area (Å²) in [5.41, 5.74) is 3.64. The number of nitrogens with one attached hydrogen (secondary N) is 1. The molecule has 1 saturated heterocycles. The average molecular weight is 401 g/mol. The van der Waals surface area contributed by atoms with Crippen LogP contribution in [-0.4, -0.2) is 20.2 Å². The molecule has 0 saturated carbocycles. The van der Waals surface area contributed by atoms with E-state index in [2.05, 4.69) is 17.7 Å². The number of amides is 2. The van der Waals surface area contributed by atoms with Crippen LogP contribution in [0.25, 0.3) is 0 Å². The van der Waals surface area contributed by atoms with Crippen molar-refractivity contribution in [1.82, 2.24) is 4.72 Å². The normalized spacial score (nSPS) is 14.7. The SMILES string of the molecule is CCc1ccc(CC)c(CNS(=O)(=O)c2ccc(N3C(=O)CCC3=O)cc2)c1. The quantitative estimate of drug-likeness (QED) is 0.725. The fraction of sp³-hybridized carbons (Fsp3) is 0.333. The highest BCUT2D eigenvalue weighted by Gasteiger charge is 2.30. The fourth-order valence-electron chi connectivity index (χ4n) is 3.30. The number of nitrogens with zero attached hydrogens (tertiary/aromatic N) is 1. The van der Waals surface area contributed by atoms with Crippen molar-refractivity contribution in [3.8, 4) is 0 Å². The molecule has 0 atom stereocenters. The number of carbonyl (C=O) groups is 2. The van der Waals surface area contributed by atoms with Gasteiger partial charge in [-0.05, 0) is 53.8 Å². The minimum absolute atomic E-state index is 0.0973. The standard InChI is InChI=1S/C21H24N2O4S/c1-3-15-5-6-16(4-2)17(13-15)14-22-28(26,27)19-9-7-18(8-10-19)23-20(24)11-12-21(23)25/h5-10,13,22H,3-4,11-12,14H2,1-2H3. The molecule has 0 aromatic heterocycles. The van der Waals surface area contributed by atoms with Crippen LogP contribution < -0.4 is 9.62 Å². The molecule has 7 heteroatoms. The van der Waals surface area contributed by atoms with E-state index in [9.17, 15) is 18.0 Å². The van der Waals surface area contributed by atoms with Crippen LogP contribution in [-0.2, 0) is 39.0 Å².